The quantitative estimate of drug-likeness (QED) is 0.528. The molecule has 4 aromatic rings. The first-order valence-electron chi connectivity index (χ1n) is 8.33. The molecule has 0 amide bonds. The third-order valence-electron chi connectivity index (χ3n) is 3.91. The molecule has 3 heterocycles. The summed E-state index contributed by atoms with van der Waals surface area (Å²) in [4.78, 5) is 16.1. The highest BCUT2D eigenvalue weighted by molar-refractivity contribution is 5.88. The summed E-state index contributed by atoms with van der Waals surface area (Å²) in [5.74, 6) is 0.655. The highest BCUT2D eigenvalue weighted by Crippen LogP contribution is 2.29. The van der Waals surface area contributed by atoms with Crippen LogP contribution in [0.25, 0.3) is 22.4 Å². The van der Waals surface area contributed by atoms with Crippen molar-refractivity contribution in [2.75, 3.05) is 5.32 Å². The molecule has 142 valence electrons. The number of hydrogen-bond acceptors (Lipinski definition) is 5. The van der Waals surface area contributed by atoms with Crippen molar-refractivity contribution in [1.82, 2.24) is 19.9 Å². The van der Waals surface area contributed by atoms with Crippen LogP contribution in [0.2, 0.25) is 0 Å². The lowest BCUT2D eigenvalue weighted by molar-refractivity contribution is -0.274. The number of anilines is 1. The molecular formula is C19H14F3N5O. The summed E-state index contributed by atoms with van der Waals surface area (Å²) in [6, 6.07) is 13.0. The molecule has 0 bridgehead atoms. The summed E-state index contributed by atoms with van der Waals surface area (Å²) in [5.41, 5.74) is 2.59. The van der Waals surface area contributed by atoms with Gasteiger partial charge in [-0.2, -0.15) is 0 Å². The molecule has 0 atom stereocenters. The minimum atomic E-state index is -4.75. The molecule has 0 fully saturated rings. The number of aromatic amines is 1. The van der Waals surface area contributed by atoms with Crippen LogP contribution in [0.3, 0.4) is 0 Å². The number of aromatic nitrogens is 4. The van der Waals surface area contributed by atoms with Crippen molar-refractivity contribution in [3.8, 4) is 17.1 Å². The van der Waals surface area contributed by atoms with Crippen LogP contribution in [0.1, 0.15) is 5.69 Å². The fourth-order valence-corrected chi connectivity index (χ4v) is 2.72. The molecule has 0 spiro atoms. The zero-order chi connectivity index (χ0) is 19.6. The second-order valence-corrected chi connectivity index (χ2v) is 5.89. The zero-order valence-corrected chi connectivity index (χ0v) is 14.4. The van der Waals surface area contributed by atoms with Gasteiger partial charge < -0.3 is 15.0 Å². The van der Waals surface area contributed by atoms with Crippen LogP contribution in [-0.2, 0) is 6.54 Å². The number of nitrogens with zero attached hydrogens (tertiary/aromatic N) is 3. The molecule has 4 rings (SSSR count). The maximum atomic E-state index is 12.5. The van der Waals surface area contributed by atoms with Crippen LogP contribution < -0.4 is 10.1 Å². The van der Waals surface area contributed by atoms with Crippen molar-refractivity contribution in [3.63, 3.8) is 0 Å². The van der Waals surface area contributed by atoms with Crippen LogP contribution >= 0.6 is 0 Å². The van der Waals surface area contributed by atoms with E-state index in [0.29, 0.717) is 34.8 Å². The van der Waals surface area contributed by atoms with Gasteiger partial charge in [-0.15, -0.1) is 13.2 Å². The molecule has 0 radical (unpaired) electrons. The smallest absolute Gasteiger partial charge is 0.406 e. The first-order valence-corrected chi connectivity index (χ1v) is 8.33. The molecule has 9 heteroatoms. The van der Waals surface area contributed by atoms with Crippen LogP contribution in [-0.4, -0.2) is 26.3 Å². The van der Waals surface area contributed by atoms with Crippen LogP contribution in [0, 0.1) is 0 Å². The average Bonchev–Trinajstić information content (AvgIpc) is 3.11. The van der Waals surface area contributed by atoms with Crippen molar-refractivity contribution < 1.29 is 17.9 Å². The van der Waals surface area contributed by atoms with Gasteiger partial charge >= 0.3 is 6.36 Å². The van der Waals surface area contributed by atoms with E-state index in [4.69, 9.17) is 0 Å². The fraction of sp³-hybridized carbons (Fsp3) is 0.105. The summed E-state index contributed by atoms with van der Waals surface area (Å²) in [6.45, 7) is 0.462. The van der Waals surface area contributed by atoms with Crippen molar-refractivity contribution in [3.05, 3.63) is 66.6 Å². The molecule has 3 aromatic heterocycles. The number of alkyl halides is 3. The van der Waals surface area contributed by atoms with Gasteiger partial charge in [0.05, 0.1) is 17.8 Å². The van der Waals surface area contributed by atoms with E-state index in [1.165, 1.54) is 18.2 Å². The van der Waals surface area contributed by atoms with E-state index in [0.717, 1.165) is 5.69 Å². The number of pyridine rings is 2. The highest BCUT2D eigenvalue weighted by atomic mass is 19.4. The molecular weight excluding hydrogens is 371 g/mol. The third kappa shape index (κ3) is 4.03. The van der Waals surface area contributed by atoms with Crippen molar-refractivity contribution in [2.45, 2.75) is 12.9 Å². The maximum Gasteiger partial charge on any atom is 0.573 e. The number of nitrogens with one attached hydrogen (secondary N) is 2. The average molecular weight is 385 g/mol. The normalized spacial score (nSPS) is 11.5. The first-order chi connectivity index (χ1) is 13.5. The number of imidazole rings is 1. The van der Waals surface area contributed by atoms with E-state index >= 15 is 0 Å². The van der Waals surface area contributed by atoms with Gasteiger partial charge in [0.1, 0.15) is 17.1 Å². The summed E-state index contributed by atoms with van der Waals surface area (Å²) in [7, 11) is 0. The van der Waals surface area contributed by atoms with Gasteiger partial charge in [0.25, 0.3) is 0 Å². The summed E-state index contributed by atoms with van der Waals surface area (Å²) >= 11 is 0. The summed E-state index contributed by atoms with van der Waals surface area (Å²) in [5, 5.41) is 3.18. The number of H-pyrrole nitrogens is 1. The van der Waals surface area contributed by atoms with Gasteiger partial charge in [-0.25, -0.2) is 9.97 Å². The molecule has 0 saturated carbocycles. The fourth-order valence-electron chi connectivity index (χ4n) is 2.72. The van der Waals surface area contributed by atoms with Crippen LogP contribution in [0.15, 0.2) is 60.9 Å². The topological polar surface area (TPSA) is 75.7 Å². The lowest BCUT2D eigenvalue weighted by Crippen LogP contribution is -2.17. The summed E-state index contributed by atoms with van der Waals surface area (Å²) in [6.07, 6.45) is -1.43. The summed E-state index contributed by atoms with van der Waals surface area (Å²) < 4.78 is 41.3. The van der Waals surface area contributed by atoms with E-state index in [1.807, 2.05) is 18.2 Å². The van der Waals surface area contributed by atoms with E-state index < -0.39 is 6.36 Å². The first kappa shape index (κ1) is 17.8. The van der Waals surface area contributed by atoms with Crippen LogP contribution in [0.5, 0.6) is 5.75 Å². The Hall–Kier alpha value is -3.62. The Morgan fingerprint density at radius 3 is 2.68 bits per heavy atom. The Morgan fingerprint density at radius 2 is 1.89 bits per heavy atom. The standard InChI is InChI=1S/C19H14F3N5O/c20-19(21,22)28-14-6-3-4-12(10-14)17-26-15-7-9-24-18(16(15)27-17)25-11-13-5-1-2-8-23-13/h1-10H,11H2,(H,24,25)(H,26,27). The van der Waals surface area contributed by atoms with E-state index in [-0.39, 0.29) is 5.75 Å². The molecule has 0 aliphatic rings. The third-order valence-corrected chi connectivity index (χ3v) is 3.91. The number of benzene rings is 1. The largest absolute Gasteiger partial charge is 0.573 e. The molecule has 0 saturated heterocycles. The van der Waals surface area contributed by atoms with Gasteiger partial charge in [0.2, 0.25) is 0 Å². The van der Waals surface area contributed by atoms with Gasteiger partial charge in [0.15, 0.2) is 5.82 Å². The Balaban J connectivity index is 1.62. The second kappa shape index (κ2) is 7.18. The number of hydrogen-bond donors (Lipinski definition) is 2. The van der Waals surface area contributed by atoms with Crippen molar-refractivity contribution >= 4 is 16.9 Å². The van der Waals surface area contributed by atoms with Crippen molar-refractivity contribution in [2.24, 2.45) is 0 Å². The van der Waals surface area contributed by atoms with Gasteiger partial charge in [0, 0.05) is 18.0 Å². The minimum absolute atomic E-state index is 0.308. The Bertz CT molecular complexity index is 1100. The number of halogens is 3. The second-order valence-electron chi connectivity index (χ2n) is 5.89. The molecule has 0 unspecified atom stereocenters. The Kier molecular flexibility index (Phi) is 4.56. The van der Waals surface area contributed by atoms with Crippen LogP contribution in [0.4, 0.5) is 19.0 Å². The van der Waals surface area contributed by atoms with Gasteiger partial charge in [-0.1, -0.05) is 18.2 Å². The van der Waals surface area contributed by atoms with E-state index in [9.17, 15) is 13.2 Å². The molecule has 6 nitrogen and oxygen atoms in total. The molecule has 1 aromatic carbocycles. The number of ether oxygens (including phenoxy) is 1. The minimum Gasteiger partial charge on any atom is -0.406 e. The molecule has 2 N–H and O–H groups in total. The van der Waals surface area contributed by atoms with E-state index in [2.05, 4.69) is 30.0 Å². The van der Waals surface area contributed by atoms with Gasteiger partial charge in [-0.3, -0.25) is 4.98 Å². The monoisotopic (exact) mass is 385 g/mol. The Labute approximate surface area is 157 Å². The molecule has 28 heavy (non-hydrogen) atoms. The highest BCUT2D eigenvalue weighted by Gasteiger charge is 2.31. The van der Waals surface area contributed by atoms with Crippen molar-refractivity contribution in [1.29, 1.82) is 0 Å². The molecule has 0 aliphatic carbocycles. The zero-order valence-electron chi connectivity index (χ0n) is 14.4. The molecule has 0 aliphatic heterocycles. The SMILES string of the molecule is FC(F)(F)Oc1cccc(-c2nc3c(NCc4ccccn4)nccc3[nH]2)c1. The predicted molar refractivity (Wildman–Crippen MR) is 97.6 cm³/mol. The lowest BCUT2D eigenvalue weighted by Gasteiger charge is -2.09. The lowest BCUT2D eigenvalue weighted by atomic mass is 10.2. The maximum absolute atomic E-state index is 12.5. The Morgan fingerprint density at radius 1 is 1.00 bits per heavy atom. The van der Waals surface area contributed by atoms with Gasteiger partial charge in [-0.05, 0) is 30.3 Å². The number of fused-ring (bicyclic) bond motifs is 1. The van der Waals surface area contributed by atoms with E-state index in [1.54, 1.807) is 24.5 Å². The number of rotatable bonds is 5. The predicted octanol–water partition coefficient (Wildman–Crippen LogP) is 4.53.